The summed E-state index contributed by atoms with van der Waals surface area (Å²) in [4.78, 5) is 6.50. The number of methoxy groups -OCH3 is 1. The van der Waals surface area contributed by atoms with Gasteiger partial charge >= 0.3 is 0 Å². The lowest BCUT2D eigenvalue weighted by Crippen LogP contribution is -2.30. The summed E-state index contributed by atoms with van der Waals surface area (Å²) in [6.07, 6.45) is 2.12. The Morgan fingerprint density at radius 2 is 2.15 bits per heavy atom. The van der Waals surface area contributed by atoms with Crippen molar-refractivity contribution in [3.63, 3.8) is 0 Å². The first-order valence-electron chi connectivity index (χ1n) is 6.79. The van der Waals surface area contributed by atoms with E-state index in [0.29, 0.717) is 5.88 Å². The van der Waals surface area contributed by atoms with Crippen molar-refractivity contribution in [3.8, 4) is 5.88 Å². The Morgan fingerprint density at radius 3 is 3.00 bits per heavy atom. The highest BCUT2D eigenvalue weighted by Gasteiger charge is 2.23. The van der Waals surface area contributed by atoms with Gasteiger partial charge in [-0.3, -0.25) is 0 Å². The molecule has 1 aromatic carbocycles. The van der Waals surface area contributed by atoms with Gasteiger partial charge in [-0.15, -0.1) is 0 Å². The zero-order valence-electron chi connectivity index (χ0n) is 11.5. The number of nitrogens with zero attached hydrogens (tertiary/aromatic N) is 2. The molecule has 4 heteroatoms. The second-order valence-corrected chi connectivity index (χ2v) is 4.96. The molecule has 1 N–H and O–H groups in total. The van der Waals surface area contributed by atoms with Crippen LogP contribution in [0, 0.1) is 0 Å². The molecule has 1 aliphatic heterocycles. The fraction of sp³-hybridized carbons (Fsp3) is 0.312. The SMILES string of the molecule is COc1ncccc1CN1CCC(O)c2ccccc21. The summed E-state index contributed by atoms with van der Waals surface area (Å²) in [7, 11) is 1.64. The van der Waals surface area contributed by atoms with Crippen molar-refractivity contribution < 1.29 is 9.84 Å². The molecule has 0 aliphatic carbocycles. The molecule has 1 atom stereocenters. The minimum absolute atomic E-state index is 0.363. The standard InChI is InChI=1S/C16H18N2O2/c1-20-16-12(5-4-9-17-16)11-18-10-8-15(19)13-6-2-3-7-14(13)18/h2-7,9,15,19H,8,10-11H2,1H3. The number of ether oxygens (including phenoxy) is 1. The first kappa shape index (κ1) is 12.9. The number of aliphatic hydroxyl groups is 1. The van der Waals surface area contributed by atoms with Crippen LogP contribution in [-0.2, 0) is 6.54 Å². The molecule has 104 valence electrons. The molecule has 0 bridgehead atoms. The zero-order chi connectivity index (χ0) is 13.9. The molecule has 1 aliphatic rings. The van der Waals surface area contributed by atoms with E-state index in [0.717, 1.165) is 36.3 Å². The monoisotopic (exact) mass is 270 g/mol. The molecule has 0 fully saturated rings. The maximum absolute atomic E-state index is 10.1. The third-order valence-electron chi connectivity index (χ3n) is 3.71. The van der Waals surface area contributed by atoms with Crippen LogP contribution in [0.5, 0.6) is 5.88 Å². The van der Waals surface area contributed by atoms with E-state index in [1.165, 1.54) is 0 Å². The Bertz CT molecular complexity index is 601. The van der Waals surface area contributed by atoms with E-state index in [-0.39, 0.29) is 6.10 Å². The van der Waals surface area contributed by atoms with Gasteiger partial charge in [0.15, 0.2) is 0 Å². The minimum atomic E-state index is -0.363. The van der Waals surface area contributed by atoms with Crippen molar-refractivity contribution in [1.29, 1.82) is 0 Å². The Morgan fingerprint density at radius 1 is 1.30 bits per heavy atom. The number of aliphatic hydroxyl groups excluding tert-OH is 1. The fourth-order valence-electron chi connectivity index (χ4n) is 2.71. The quantitative estimate of drug-likeness (QED) is 0.931. The lowest BCUT2D eigenvalue weighted by atomic mass is 9.98. The van der Waals surface area contributed by atoms with Crippen molar-refractivity contribution in [1.82, 2.24) is 4.98 Å². The largest absolute Gasteiger partial charge is 0.481 e. The topological polar surface area (TPSA) is 45.6 Å². The van der Waals surface area contributed by atoms with E-state index in [2.05, 4.69) is 16.0 Å². The summed E-state index contributed by atoms with van der Waals surface area (Å²) >= 11 is 0. The van der Waals surface area contributed by atoms with E-state index in [9.17, 15) is 5.11 Å². The molecule has 1 aromatic heterocycles. The van der Waals surface area contributed by atoms with E-state index in [4.69, 9.17) is 4.74 Å². The Hall–Kier alpha value is -2.07. The third-order valence-corrected chi connectivity index (χ3v) is 3.71. The van der Waals surface area contributed by atoms with Crippen LogP contribution in [-0.4, -0.2) is 23.7 Å². The molecule has 0 radical (unpaired) electrons. The second-order valence-electron chi connectivity index (χ2n) is 4.96. The predicted octanol–water partition coefficient (Wildman–Crippen LogP) is 2.53. The number of hydrogen-bond acceptors (Lipinski definition) is 4. The van der Waals surface area contributed by atoms with Crippen molar-refractivity contribution in [2.24, 2.45) is 0 Å². The summed E-state index contributed by atoms with van der Waals surface area (Å²) in [6.45, 7) is 1.57. The van der Waals surface area contributed by atoms with Crippen molar-refractivity contribution in [2.75, 3.05) is 18.6 Å². The molecule has 2 heterocycles. The van der Waals surface area contributed by atoms with E-state index in [1.807, 2.05) is 30.3 Å². The molecule has 2 aromatic rings. The lowest BCUT2D eigenvalue weighted by molar-refractivity contribution is 0.164. The average molecular weight is 270 g/mol. The van der Waals surface area contributed by atoms with Gasteiger partial charge < -0.3 is 14.7 Å². The average Bonchev–Trinajstić information content (AvgIpc) is 2.51. The van der Waals surface area contributed by atoms with Crippen LogP contribution in [0.1, 0.15) is 23.7 Å². The van der Waals surface area contributed by atoms with Crippen LogP contribution >= 0.6 is 0 Å². The first-order chi connectivity index (χ1) is 9.79. The Labute approximate surface area is 118 Å². The summed E-state index contributed by atoms with van der Waals surface area (Å²) < 4.78 is 5.31. The Kier molecular flexibility index (Phi) is 3.56. The maximum atomic E-state index is 10.1. The van der Waals surface area contributed by atoms with Gasteiger partial charge in [0.05, 0.1) is 13.2 Å². The summed E-state index contributed by atoms with van der Waals surface area (Å²) in [5, 5.41) is 10.1. The normalized spacial score (nSPS) is 17.7. The van der Waals surface area contributed by atoms with E-state index in [1.54, 1.807) is 13.3 Å². The molecule has 1 unspecified atom stereocenters. The van der Waals surface area contributed by atoms with Crippen LogP contribution in [0.3, 0.4) is 0 Å². The third kappa shape index (κ3) is 2.34. The van der Waals surface area contributed by atoms with Crippen LogP contribution in [0.15, 0.2) is 42.6 Å². The van der Waals surface area contributed by atoms with Crippen LogP contribution in [0.25, 0.3) is 0 Å². The van der Waals surface area contributed by atoms with Gasteiger partial charge in [-0.1, -0.05) is 24.3 Å². The van der Waals surface area contributed by atoms with Gasteiger partial charge in [0, 0.05) is 36.1 Å². The van der Waals surface area contributed by atoms with Crippen LogP contribution < -0.4 is 9.64 Å². The molecule has 20 heavy (non-hydrogen) atoms. The van der Waals surface area contributed by atoms with E-state index >= 15 is 0 Å². The molecule has 4 nitrogen and oxygen atoms in total. The van der Waals surface area contributed by atoms with Gasteiger partial charge in [0.1, 0.15) is 0 Å². The maximum Gasteiger partial charge on any atom is 0.218 e. The van der Waals surface area contributed by atoms with Crippen LogP contribution in [0.4, 0.5) is 5.69 Å². The van der Waals surface area contributed by atoms with Gasteiger partial charge in [-0.2, -0.15) is 0 Å². The number of hydrogen-bond donors (Lipinski definition) is 1. The van der Waals surface area contributed by atoms with Crippen molar-refractivity contribution in [3.05, 3.63) is 53.7 Å². The molecule has 3 rings (SSSR count). The van der Waals surface area contributed by atoms with Gasteiger partial charge in [0.25, 0.3) is 0 Å². The van der Waals surface area contributed by atoms with Crippen molar-refractivity contribution >= 4 is 5.69 Å². The fourth-order valence-corrected chi connectivity index (χ4v) is 2.71. The molecular formula is C16H18N2O2. The number of rotatable bonds is 3. The lowest BCUT2D eigenvalue weighted by Gasteiger charge is -2.34. The highest BCUT2D eigenvalue weighted by molar-refractivity contribution is 5.57. The van der Waals surface area contributed by atoms with E-state index < -0.39 is 0 Å². The zero-order valence-corrected chi connectivity index (χ0v) is 11.5. The van der Waals surface area contributed by atoms with Crippen molar-refractivity contribution in [2.45, 2.75) is 19.1 Å². The molecular weight excluding hydrogens is 252 g/mol. The second kappa shape index (κ2) is 5.51. The smallest absolute Gasteiger partial charge is 0.218 e. The number of aromatic nitrogens is 1. The number of fused-ring (bicyclic) bond motifs is 1. The molecule has 0 saturated heterocycles. The molecule has 0 saturated carbocycles. The van der Waals surface area contributed by atoms with Crippen LogP contribution in [0.2, 0.25) is 0 Å². The highest BCUT2D eigenvalue weighted by Crippen LogP contribution is 2.34. The highest BCUT2D eigenvalue weighted by atomic mass is 16.5. The number of benzene rings is 1. The number of anilines is 1. The Balaban J connectivity index is 1.91. The molecule has 0 amide bonds. The minimum Gasteiger partial charge on any atom is -0.481 e. The van der Waals surface area contributed by atoms with Gasteiger partial charge in [-0.25, -0.2) is 4.98 Å². The number of para-hydroxylation sites is 1. The number of pyridine rings is 1. The predicted molar refractivity (Wildman–Crippen MR) is 77.9 cm³/mol. The molecule has 0 spiro atoms. The summed E-state index contributed by atoms with van der Waals surface area (Å²) in [5.41, 5.74) is 3.15. The van der Waals surface area contributed by atoms with Gasteiger partial charge in [0.2, 0.25) is 5.88 Å². The van der Waals surface area contributed by atoms with Gasteiger partial charge in [-0.05, 0) is 18.6 Å². The summed E-state index contributed by atoms with van der Waals surface area (Å²) in [5.74, 6) is 0.663. The first-order valence-corrected chi connectivity index (χ1v) is 6.79. The summed E-state index contributed by atoms with van der Waals surface area (Å²) in [6, 6.07) is 12.0.